The largest absolute Gasteiger partial charge is 0.271 e. The molecule has 1 aromatic heterocycles. The summed E-state index contributed by atoms with van der Waals surface area (Å²) in [7, 11) is 0. The molecule has 0 fully saturated rings. The van der Waals surface area contributed by atoms with E-state index in [1.807, 2.05) is 0 Å². The number of nitrogens with zero attached hydrogens (tertiary/aromatic N) is 2. The average Bonchev–Trinajstić information content (AvgIpc) is 2.30. The van der Waals surface area contributed by atoms with Crippen molar-refractivity contribution in [1.82, 2.24) is 15.6 Å². The first kappa shape index (κ1) is 11.6. The van der Waals surface area contributed by atoms with Crippen molar-refractivity contribution < 1.29 is 8.78 Å². The fourth-order valence-electron chi connectivity index (χ4n) is 1.60. The SMILES string of the molecule is NNC(c1ccnnc1)c1cc(F)cc(F)c1. The lowest BCUT2D eigenvalue weighted by Gasteiger charge is -2.16. The van der Waals surface area contributed by atoms with E-state index in [4.69, 9.17) is 5.84 Å². The standard InChI is InChI=1S/C11H10F2N4/c12-9-3-8(4-10(13)5-9)11(17-14)7-1-2-15-16-6-7/h1-6,11,17H,14H2. The summed E-state index contributed by atoms with van der Waals surface area (Å²) in [4.78, 5) is 0. The number of halogens is 2. The maximum Gasteiger partial charge on any atom is 0.126 e. The summed E-state index contributed by atoms with van der Waals surface area (Å²) in [5.74, 6) is 4.09. The number of benzene rings is 1. The molecule has 0 amide bonds. The minimum Gasteiger partial charge on any atom is -0.271 e. The Morgan fingerprint density at radius 1 is 1.06 bits per heavy atom. The van der Waals surface area contributed by atoms with E-state index >= 15 is 0 Å². The number of hydrogen-bond donors (Lipinski definition) is 2. The molecule has 0 radical (unpaired) electrons. The highest BCUT2D eigenvalue weighted by Gasteiger charge is 2.14. The van der Waals surface area contributed by atoms with Crippen LogP contribution in [0.25, 0.3) is 0 Å². The van der Waals surface area contributed by atoms with E-state index < -0.39 is 17.7 Å². The van der Waals surface area contributed by atoms with Gasteiger partial charge in [-0.15, -0.1) is 0 Å². The zero-order chi connectivity index (χ0) is 12.3. The molecular weight excluding hydrogens is 226 g/mol. The van der Waals surface area contributed by atoms with Crippen molar-refractivity contribution in [2.75, 3.05) is 0 Å². The Kier molecular flexibility index (Phi) is 3.36. The molecule has 2 rings (SSSR count). The van der Waals surface area contributed by atoms with E-state index in [1.165, 1.54) is 24.5 Å². The third kappa shape index (κ3) is 2.61. The van der Waals surface area contributed by atoms with E-state index in [9.17, 15) is 8.78 Å². The first-order chi connectivity index (χ1) is 8.20. The molecule has 17 heavy (non-hydrogen) atoms. The molecule has 1 atom stereocenters. The molecule has 2 aromatic rings. The van der Waals surface area contributed by atoms with Crippen LogP contribution >= 0.6 is 0 Å². The quantitative estimate of drug-likeness (QED) is 0.623. The number of nitrogens with one attached hydrogen (secondary N) is 1. The fraction of sp³-hybridized carbons (Fsp3) is 0.0909. The molecule has 1 aromatic carbocycles. The third-order valence-electron chi connectivity index (χ3n) is 2.33. The second-order valence-corrected chi connectivity index (χ2v) is 3.48. The summed E-state index contributed by atoms with van der Waals surface area (Å²) < 4.78 is 26.2. The Labute approximate surface area is 96.5 Å². The molecule has 1 heterocycles. The highest BCUT2D eigenvalue weighted by atomic mass is 19.1. The predicted octanol–water partition coefficient (Wildman–Crippen LogP) is 1.31. The highest BCUT2D eigenvalue weighted by molar-refractivity contribution is 5.30. The molecule has 0 bridgehead atoms. The van der Waals surface area contributed by atoms with E-state index in [-0.39, 0.29) is 0 Å². The van der Waals surface area contributed by atoms with E-state index in [0.717, 1.165) is 6.07 Å². The molecule has 88 valence electrons. The van der Waals surface area contributed by atoms with Crippen molar-refractivity contribution >= 4 is 0 Å². The maximum atomic E-state index is 13.1. The van der Waals surface area contributed by atoms with Crippen molar-refractivity contribution in [3.63, 3.8) is 0 Å². The molecule has 1 unspecified atom stereocenters. The predicted molar refractivity (Wildman–Crippen MR) is 57.6 cm³/mol. The average molecular weight is 236 g/mol. The molecule has 0 aliphatic rings. The third-order valence-corrected chi connectivity index (χ3v) is 2.33. The van der Waals surface area contributed by atoms with Crippen molar-refractivity contribution in [3.05, 3.63) is 59.4 Å². The lowest BCUT2D eigenvalue weighted by atomic mass is 10.0. The van der Waals surface area contributed by atoms with Gasteiger partial charge in [-0.1, -0.05) is 0 Å². The van der Waals surface area contributed by atoms with Crippen molar-refractivity contribution in [1.29, 1.82) is 0 Å². The Hall–Kier alpha value is -1.92. The van der Waals surface area contributed by atoms with Gasteiger partial charge in [0.25, 0.3) is 0 Å². The van der Waals surface area contributed by atoms with Gasteiger partial charge in [0, 0.05) is 12.3 Å². The number of aromatic nitrogens is 2. The zero-order valence-electron chi connectivity index (χ0n) is 8.77. The van der Waals surface area contributed by atoms with Gasteiger partial charge in [-0.2, -0.15) is 10.2 Å². The minimum absolute atomic E-state index is 0.387. The molecule has 3 N–H and O–H groups in total. The van der Waals surface area contributed by atoms with Gasteiger partial charge in [0.05, 0.1) is 12.2 Å². The van der Waals surface area contributed by atoms with Gasteiger partial charge >= 0.3 is 0 Å². The normalized spacial score (nSPS) is 12.4. The topological polar surface area (TPSA) is 63.8 Å². The van der Waals surface area contributed by atoms with Crippen LogP contribution < -0.4 is 11.3 Å². The molecule has 4 nitrogen and oxygen atoms in total. The second kappa shape index (κ2) is 4.94. The molecule has 0 saturated carbocycles. The maximum absolute atomic E-state index is 13.1. The van der Waals surface area contributed by atoms with E-state index in [0.29, 0.717) is 11.1 Å². The summed E-state index contributed by atoms with van der Waals surface area (Å²) in [6.45, 7) is 0. The summed E-state index contributed by atoms with van der Waals surface area (Å²) in [5.41, 5.74) is 3.55. The van der Waals surface area contributed by atoms with Crippen LogP contribution in [0.3, 0.4) is 0 Å². The summed E-state index contributed by atoms with van der Waals surface area (Å²) in [6.07, 6.45) is 2.96. The van der Waals surface area contributed by atoms with Crippen molar-refractivity contribution in [2.45, 2.75) is 6.04 Å². The van der Waals surface area contributed by atoms with Crippen LogP contribution in [-0.2, 0) is 0 Å². The van der Waals surface area contributed by atoms with Gasteiger partial charge < -0.3 is 0 Å². The van der Waals surface area contributed by atoms with Crippen LogP contribution in [0.5, 0.6) is 0 Å². The van der Waals surface area contributed by atoms with Crippen LogP contribution in [0.1, 0.15) is 17.2 Å². The summed E-state index contributed by atoms with van der Waals surface area (Å²) >= 11 is 0. The Balaban J connectivity index is 2.42. The Bertz CT molecular complexity index is 484. The zero-order valence-corrected chi connectivity index (χ0v) is 8.77. The van der Waals surface area contributed by atoms with Gasteiger partial charge in [0.1, 0.15) is 11.6 Å². The number of rotatable bonds is 3. The highest BCUT2D eigenvalue weighted by Crippen LogP contribution is 2.21. The molecule has 0 aliphatic heterocycles. The fourth-order valence-corrected chi connectivity index (χ4v) is 1.60. The first-order valence-electron chi connectivity index (χ1n) is 4.89. The number of nitrogens with two attached hydrogens (primary N) is 1. The van der Waals surface area contributed by atoms with E-state index in [1.54, 1.807) is 6.07 Å². The van der Waals surface area contributed by atoms with Crippen LogP contribution in [0.4, 0.5) is 8.78 Å². The smallest absolute Gasteiger partial charge is 0.126 e. The second-order valence-electron chi connectivity index (χ2n) is 3.48. The molecule has 0 saturated heterocycles. The first-order valence-corrected chi connectivity index (χ1v) is 4.89. The van der Waals surface area contributed by atoms with Gasteiger partial charge in [-0.05, 0) is 29.3 Å². The number of hydrogen-bond acceptors (Lipinski definition) is 4. The molecule has 0 spiro atoms. The van der Waals surface area contributed by atoms with Crippen molar-refractivity contribution in [2.24, 2.45) is 5.84 Å². The van der Waals surface area contributed by atoms with Gasteiger partial charge in [-0.25, -0.2) is 14.2 Å². The Morgan fingerprint density at radius 3 is 2.29 bits per heavy atom. The van der Waals surface area contributed by atoms with Crippen LogP contribution in [-0.4, -0.2) is 10.2 Å². The van der Waals surface area contributed by atoms with Crippen LogP contribution in [0.2, 0.25) is 0 Å². The van der Waals surface area contributed by atoms with Crippen LogP contribution in [0, 0.1) is 11.6 Å². The lowest BCUT2D eigenvalue weighted by molar-refractivity contribution is 0.565. The molecular formula is C11H10F2N4. The minimum atomic E-state index is -0.651. The van der Waals surface area contributed by atoms with Gasteiger partial charge in [-0.3, -0.25) is 5.84 Å². The summed E-state index contributed by atoms with van der Waals surface area (Å²) in [5, 5.41) is 7.31. The van der Waals surface area contributed by atoms with Gasteiger partial charge in [0.15, 0.2) is 0 Å². The summed E-state index contributed by atoms with van der Waals surface area (Å²) in [6, 6.07) is 4.38. The van der Waals surface area contributed by atoms with Crippen LogP contribution in [0.15, 0.2) is 36.7 Å². The van der Waals surface area contributed by atoms with E-state index in [2.05, 4.69) is 15.6 Å². The Morgan fingerprint density at radius 2 is 1.76 bits per heavy atom. The van der Waals surface area contributed by atoms with Gasteiger partial charge in [0.2, 0.25) is 0 Å². The lowest BCUT2D eigenvalue weighted by Crippen LogP contribution is -2.29. The number of hydrazine groups is 1. The van der Waals surface area contributed by atoms with Crippen molar-refractivity contribution in [3.8, 4) is 0 Å². The molecule has 6 heteroatoms. The molecule has 0 aliphatic carbocycles. The monoisotopic (exact) mass is 236 g/mol.